The van der Waals surface area contributed by atoms with Gasteiger partial charge in [-0.1, -0.05) is 33.6 Å². The van der Waals surface area contributed by atoms with Gasteiger partial charge in [-0.2, -0.15) is 0 Å². The molecular weight excluding hydrogens is 192 g/mol. The van der Waals surface area contributed by atoms with Gasteiger partial charge in [-0.3, -0.25) is 0 Å². The lowest BCUT2D eigenvalue weighted by Gasteiger charge is -2.34. The summed E-state index contributed by atoms with van der Waals surface area (Å²) in [6.07, 6.45) is 12.1. The van der Waals surface area contributed by atoms with Crippen molar-refractivity contribution in [3.63, 3.8) is 0 Å². The van der Waals surface area contributed by atoms with Crippen LogP contribution >= 0.6 is 0 Å². The Morgan fingerprint density at radius 3 is 2.06 bits per heavy atom. The molecule has 0 heteroatoms. The third-order valence-electron chi connectivity index (χ3n) is 5.67. The Morgan fingerprint density at radius 2 is 1.56 bits per heavy atom. The third kappa shape index (κ3) is 2.81. The molecule has 0 N–H and O–H groups in total. The molecule has 0 aromatic heterocycles. The van der Waals surface area contributed by atoms with Crippen LogP contribution in [0.5, 0.6) is 0 Å². The lowest BCUT2D eigenvalue weighted by molar-refractivity contribution is 0.166. The first-order chi connectivity index (χ1) is 7.70. The highest BCUT2D eigenvalue weighted by atomic mass is 14.4. The Hall–Kier alpha value is 0. The van der Waals surface area contributed by atoms with E-state index >= 15 is 0 Å². The Labute approximate surface area is 102 Å². The fourth-order valence-electron chi connectivity index (χ4n) is 4.20. The van der Waals surface area contributed by atoms with Crippen LogP contribution in [0.15, 0.2) is 0 Å². The minimum Gasteiger partial charge on any atom is -0.0651 e. The third-order valence-corrected chi connectivity index (χ3v) is 5.67. The molecule has 0 aromatic carbocycles. The van der Waals surface area contributed by atoms with E-state index in [0.717, 1.165) is 29.6 Å². The van der Waals surface area contributed by atoms with Crippen LogP contribution in [0.25, 0.3) is 0 Å². The van der Waals surface area contributed by atoms with Crippen molar-refractivity contribution >= 4 is 0 Å². The van der Waals surface area contributed by atoms with Crippen molar-refractivity contribution in [2.45, 2.75) is 72.1 Å². The van der Waals surface area contributed by atoms with Crippen molar-refractivity contribution in [3.05, 3.63) is 0 Å². The standard InChI is InChI=1S/C16H30/c1-4-13(3)14-7-9-15(10-8-14)16-6-5-12(2)11-16/h12-16H,4-11H2,1-3H3. The van der Waals surface area contributed by atoms with Crippen molar-refractivity contribution in [1.29, 1.82) is 0 Å². The van der Waals surface area contributed by atoms with Gasteiger partial charge < -0.3 is 0 Å². The molecule has 2 rings (SSSR count). The molecule has 0 radical (unpaired) electrons. The van der Waals surface area contributed by atoms with E-state index in [0.29, 0.717) is 0 Å². The van der Waals surface area contributed by atoms with Crippen molar-refractivity contribution in [2.75, 3.05) is 0 Å². The zero-order chi connectivity index (χ0) is 11.5. The highest BCUT2D eigenvalue weighted by molar-refractivity contribution is 4.83. The first-order valence-electron chi connectivity index (χ1n) is 7.70. The van der Waals surface area contributed by atoms with Crippen LogP contribution in [-0.2, 0) is 0 Å². The average Bonchev–Trinajstić information content (AvgIpc) is 2.75. The summed E-state index contributed by atoms with van der Waals surface area (Å²) in [6.45, 7) is 7.27. The second kappa shape index (κ2) is 5.56. The van der Waals surface area contributed by atoms with Gasteiger partial charge >= 0.3 is 0 Å². The van der Waals surface area contributed by atoms with Gasteiger partial charge in [0.2, 0.25) is 0 Å². The maximum atomic E-state index is 2.46. The van der Waals surface area contributed by atoms with Crippen molar-refractivity contribution in [1.82, 2.24) is 0 Å². The van der Waals surface area contributed by atoms with Gasteiger partial charge in [0.15, 0.2) is 0 Å². The molecule has 0 amide bonds. The first-order valence-corrected chi connectivity index (χ1v) is 7.70. The van der Waals surface area contributed by atoms with Crippen molar-refractivity contribution in [3.8, 4) is 0 Å². The monoisotopic (exact) mass is 222 g/mol. The molecule has 16 heavy (non-hydrogen) atoms. The molecule has 0 spiro atoms. The quantitative estimate of drug-likeness (QED) is 0.610. The zero-order valence-corrected chi connectivity index (χ0v) is 11.5. The van der Waals surface area contributed by atoms with E-state index in [-0.39, 0.29) is 0 Å². The highest BCUT2D eigenvalue weighted by Crippen LogP contribution is 2.44. The number of hydrogen-bond donors (Lipinski definition) is 0. The van der Waals surface area contributed by atoms with Gasteiger partial charge in [-0.05, 0) is 68.1 Å². The molecule has 0 heterocycles. The minimum atomic E-state index is 0.975. The summed E-state index contributed by atoms with van der Waals surface area (Å²) >= 11 is 0. The fourth-order valence-corrected chi connectivity index (χ4v) is 4.20. The van der Waals surface area contributed by atoms with Gasteiger partial charge in [0.25, 0.3) is 0 Å². The van der Waals surface area contributed by atoms with Crippen LogP contribution in [0.3, 0.4) is 0 Å². The van der Waals surface area contributed by atoms with Crippen LogP contribution in [0.1, 0.15) is 72.1 Å². The summed E-state index contributed by atoms with van der Waals surface area (Å²) in [4.78, 5) is 0. The molecule has 2 fully saturated rings. The summed E-state index contributed by atoms with van der Waals surface area (Å²) in [6, 6.07) is 0. The van der Waals surface area contributed by atoms with E-state index in [9.17, 15) is 0 Å². The molecular formula is C16H30. The number of hydrogen-bond acceptors (Lipinski definition) is 0. The molecule has 2 saturated carbocycles. The van der Waals surface area contributed by atoms with E-state index in [1.165, 1.54) is 25.7 Å². The summed E-state index contributed by atoms with van der Waals surface area (Å²) < 4.78 is 0. The largest absolute Gasteiger partial charge is 0.0651 e. The van der Waals surface area contributed by atoms with Crippen LogP contribution in [-0.4, -0.2) is 0 Å². The van der Waals surface area contributed by atoms with Gasteiger partial charge in [-0.25, -0.2) is 0 Å². The van der Waals surface area contributed by atoms with Crippen molar-refractivity contribution < 1.29 is 0 Å². The normalized spacial score (nSPS) is 42.2. The minimum absolute atomic E-state index is 0.975. The summed E-state index contributed by atoms with van der Waals surface area (Å²) in [5, 5.41) is 0. The van der Waals surface area contributed by atoms with Crippen LogP contribution in [0, 0.1) is 29.6 Å². The molecule has 0 saturated heterocycles. The Kier molecular flexibility index (Phi) is 4.33. The number of rotatable bonds is 3. The molecule has 2 aliphatic carbocycles. The van der Waals surface area contributed by atoms with E-state index in [1.54, 1.807) is 25.7 Å². The SMILES string of the molecule is CCC(C)C1CCC(C2CCC(C)C2)CC1. The van der Waals surface area contributed by atoms with Crippen LogP contribution < -0.4 is 0 Å². The molecule has 3 atom stereocenters. The predicted molar refractivity (Wildman–Crippen MR) is 71.4 cm³/mol. The Morgan fingerprint density at radius 1 is 0.938 bits per heavy atom. The summed E-state index contributed by atoms with van der Waals surface area (Å²) in [5.41, 5.74) is 0. The molecule has 2 aliphatic rings. The zero-order valence-electron chi connectivity index (χ0n) is 11.5. The Balaban J connectivity index is 1.77. The second-order valence-electron chi connectivity index (χ2n) is 6.74. The van der Waals surface area contributed by atoms with E-state index < -0.39 is 0 Å². The lowest BCUT2D eigenvalue weighted by Crippen LogP contribution is -2.23. The fraction of sp³-hybridized carbons (Fsp3) is 1.00. The molecule has 0 aromatic rings. The molecule has 3 unspecified atom stereocenters. The average molecular weight is 222 g/mol. The topological polar surface area (TPSA) is 0 Å². The smallest absolute Gasteiger partial charge is 0.0383 e. The van der Waals surface area contributed by atoms with Crippen molar-refractivity contribution in [2.24, 2.45) is 29.6 Å². The summed E-state index contributed by atoms with van der Waals surface area (Å²) in [5.74, 6) is 5.26. The van der Waals surface area contributed by atoms with E-state index in [4.69, 9.17) is 0 Å². The molecule has 0 aliphatic heterocycles. The molecule has 0 nitrogen and oxygen atoms in total. The summed E-state index contributed by atoms with van der Waals surface area (Å²) in [7, 11) is 0. The lowest BCUT2D eigenvalue weighted by atomic mass is 9.71. The molecule has 94 valence electrons. The first kappa shape index (κ1) is 12.5. The molecule has 0 bridgehead atoms. The van der Waals surface area contributed by atoms with Gasteiger partial charge in [-0.15, -0.1) is 0 Å². The highest BCUT2D eigenvalue weighted by Gasteiger charge is 2.32. The second-order valence-corrected chi connectivity index (χ2v) is 6.74. The van der Waals surface area contributed by atoms with Gasteiger partial charge in [0.05, 0.1) is 0 Å². The van der Waals surface area contributed by atoms with E-state index in [2.05, 4.69) is 20.8 Å². The van der Waals surface area contributed by atoms with E-state index in [1.807, 2.05) is 0 Å². The van der Waals surface area contributed by atoms with Crippen LogP contribution in [0.2, 0.25) is 0 Å². The predicted octanol–water partition coefficient (Wildman–Crippen LogP) is 5.28. The van der Waals surface area contributed by atoms with Gasteiger partial charge in [0, 0.05) is 0 Å². The van der Waals surface area contributed by atoms with Gasteiger partial charge in [0.1, 0.15) is 0 Å². The maximum Gasteiger partial charge on any atom is -0.0383 e. The van der Waals surface area contributed by atoms with Crippen LogP contribution in [0.4, 0.5) is 0 Å². The maximum absolute atomic E-state index is 2.46. The Bertz CT molecular complexity index is 200.